The third kappa shape index (κ3) is 2.76. The largest absolute Gasteiger partial charge is 0.393 e. The van der Waals surface area contributed by atoms with Gasteiger partial charge in [-0.15, -0.1) is 0 Å². The minimum Gasteiger partial charge on any atom is -0.393 e. The smallest absolute Gasteiger partial charge is 0.132 e. The molecule has 17 heavy (non-hydrogen) atoms. The van der Waals surface area contributed by atoms with E-state index in [2.05, 4.69) is 9.88 Å². The fraction of sp³-hybridized carbons (Fsp3) is 0.615. The molecule has 3 N–H and O–H groups in total. The molecule has 0 spiro atoms. The van der Waals surface area contributed by atoms with Gasteiger partial charge in [-0.25, -0.2) is 4.98 Å². The van der Waals surface area contributed by atoms with Gasteiger partial charge in [0.1, 0.15) is 5.82 Å². The third-order valence-corrected chi connectivity index (χ3v) is 3.61. The van der Waals surface area contributed by atoms with Crippen molar-refractivity contribution in [2.75, 3.05) is 18.0 Å². The molecule has 4 nitrogen and oxygen atoms in total. The first kappa shape index (κ1) is 12.3. The Morgan fingerprint density at radius 3 is 2.82 bits per heavy atom. The highest BCUT2D eigenvalue weighted by molar-refractivity contribution is 5.46. The van der Waals surface area contributed by atoms with E-state index in [-0.39, 0.29) is 6.10 Å². The molecule has 1 aliphatic rings. The minimum absolute atomic E-state index is 0.199. The van der Waals surface area contributed by atoms with E-state index in [4.69, 9.17) is 5.73 Å². The van der Waals surface area contributed by atoms with Crippen LogP contribution in [0.25, 0.3) is 0 Å². The first-order valence-corrected chi connectivity index (χ1v) is 6.29. The zero-order valence-electron chi connectivity index (χ0n) is 10.3. The summed E-state index contributed by atoms with van der Waals surface area (Å²) in [6.07, 6.45) is 3.67. The number of nitrogens with two attached hydrogens (primary N) is 1. The highest BCUT2D eigenvalue weighted by atomic mass is 16.3. The highest BCUT2D eigenvalue weighted by Gasteiger charge is 2.24. The van der Waals surface area contributed by atoms with Crippen LogP contribution in [0, 0.1) is 5.92 Å². The minimum atomic E-state index is -0.199. The van der Waals surface area contributed by atoms with E-state index < -0.39 is 0 Å². The summed E-state index contributed by atoms with van der Waals surface area (Å²) in [7, 11) is 0. The van der Waals surface area contributed by atoms with E-state index in [0.29, 0.717) is 12.5 Å². The number of aromatic nitrogens is 1. The first-order valence-electron chi connectivity index (χ1n) is 6.29. The maximum atomic E-state index is 9.58. The summed E-state index contributed by atoms with van der Waals surface area (Å²) in [4.78, 5) is 6.71. The standard InChI is InChI=1S/C13H21N3O/c1-10(17)11-4-7-16(8-5-11)13-12(9-14)3-2-6-15-13/h2-3,6,10-11,17H,4-5,7-9,14H2,1H3. The number of piperidine rings is 1. The molecule has 2 rings (SSSR count). The lowest BCUT2D eigenvalue weighted by molar-refractivity contribution is 0.109. The van der Waals surface area contributed by atoms with Gasteiger partial charge >= 0.3 is 0 Å². The van der Waals surface area contributed by atoms with Crippen molar-refractivity contribution in [2.45, 2.75) is 32.4 Å². The van der Waals surface area contributed by atoms with Crippen LogP contribution in [0.1, 0.15) is 25.3 Å². The molecule has 0 aliphatic carbocycles. The van der Waals surface area contributed by atoms with Crippen LogP contribution >= 0.6 is 0 Å². The number of nitrogens with zero attached hydrogens (tertiary/aromatic N) is 2. The lowest BCUT2D eigenvalue weighted by Gasteiger charge is -2.34. The number of hydrogen-bond donors (Lipinski definition) is 2. The van der Waals surface area contributed by atoms with E-state index in [1.54, 1.807) is 0 Å². The molecule has 1 saturated heterocycles. The van der Waals surface area contributed by atoms with Crippen LogP contribution in [-0.4, -0.2) is 29.3 Å². The monoisotopic (exact) mass is 235 g/mol. The molecule has 1 fully saturated rings. The topological polar surface area (TPSA) is 62.4 Å². The molecule has 2 heterocycles. The van der Waals surface area contributed by atoms with Crippen molar-refractivity contribution < 1.29 is 5.11 Å². The van der Waals surface area contributed by atoms with Crippen molar-refractivity contribution in [2.24, 2.45) is 11.7 Å². The fourth-order valence-corrected chi connectivity index (χ4v) is 2.47. The quantitative estimate of drug-likeness (QED) is 0.824. The van der Waals surface area contributed by atoms with E-state index in [1.807, 2.05) is 25.3 Å². The Bertz CT molecular complexity index is 359. The van der Waals surface area contributed by atoms with Crippen LogP contribution in [0.4, 0.5) is 5.82 Å². The van der Waals surface area contributed by atoms with Crippen LogP contribution in [0.2, 0.25) is 0 Å². The second-order valence-corrected chi connectivity index (χ2v) is 4.76. The number of anilines is 1. The number of aliphatic hydroxyl groups is 1. The van der Waals surface area contributed by atoms with Gasteiger partial charge in [0.05, 0.1) is 6.10 Å². The third-order valence-electron chi connectivity index (χ3n) is 3.61. The maximum Gasteiger partial charge on any atom is 0.132 e. The molecule has 0 radical (unpaired) electrons. The Hall–Kier alpha value is -1.13. The lowest BCUT2D eigenvalue weighted by atomic mass is 9.92. The van der Waals surface area contributed by atoms with Crippen LogP contribution in [0.15, 0.2) is 18.3 Å². The summed E-state index contributed by atoms with van der Waals surface area (Å²) < 4.78 is 0. The van der Waals surface area contributed by atoms with Gasteiger partial charge in [0, 0.05) is 31.4 Å². The summed E-state index contributed by atoms with van der Waals surface area (Å²) >= 11 is 0. The molecule has 0 aromatic carbocycles. The number of aliphatic hydroxyl groups excluding tert-OH is 1. The molecular weight excluding hydrogens is 214 g/mol. The van der Waals surface area contributed by atoms with Crippen LogP contribution in [0.5, 0.6) is 0 Å². The maximum absolute atomic E-state index is 9.58. The molecule has 94 valence electrons. The summed E-state index contributed by atoms with van der Waals surface area (Å²) in [5.74, 6) is 1.44. The SMILES string of the molecule is CC(O)C1CCN(c2ncccc2CN)CC1. The van der Waals surface area contributed by atoms with Crippen molar-refractivity contribution in [3.63, 3.8) is 0 Å². The molecular formula is C13H21N3O. The molecule has 0 amide bonds. The summed E-state index contributed by atoms with van der Waals surface area (Å²) in [6.45, 7) is 4.32. The Labute approximate surface area is 102 Å². The Morgan fingerprint density at radius 2 is 2.24 bits per heavy atom. The number of rotatable bonds is 3. The predicted octanol–water partition coefficient (Wildman–Crippen LogP) is 1.14. The van der Waals surface area contributed by atoms with Gasteiger partial charge in [-0.1, -0.05) is 6.07 Å². The fourth-order valence-electron chi connectivity index (χ4n) is 2.47. The van der Waals surface area contributed by atoms with Gasteiger partial charge in [0.25, 0.3) is 0 Å². The number of hydrogen-bond acceptors (Lipinski definition) is 4. The molecule has 0 saturated carbocycles. The Balaban J connectivity index is 2.05. The first-order chi connectivity index (χ1) is 8.22. The Morgan fingerprint density at radius 1 is 1.53 bits per heavy atom. The zero-order chi connectivity index (χ0) is 12.3. The van der Waals surface area contributed by atoms with E-state index in [0.717, 1.165) is 37.3 Å². The van der Waals surface area contributed by atoms with Gasteiger partial charge in [-0.05, 0) is 31.7 Å². The van der Waals surface area contributed by atoms with E-state index in [1.165, 1.54) is 0 Å². The second-order valence-electron chi connectivity index (χ2n) is 4.76. The molecule has 1 aromatic heterocycles. The molecule has 1 unspecified atom stereocenters. The predicted molar refractivity (Wildman–Crippen MR) is 68.7 cm³/mol. The van der Waals surface area contributed by atoms with Crippen molar-refractivity contribution in [3.05, 3.63) is 23.9 Å². The van der Waals surface area contributed by atoms with Crippen LogP contribution in [0.3, 0.4) is 0 Å². The van der Waals surface area contributed by atoms with Crippen LogP contribution < -0.4 is 10.6 Å². The zero-order valence-corrected chi connectivity index (χ0v) is 10.3. The Kier molecular flexibility index (Phi) is 3.97. The average Bonchev–Trinajstić information content (AvgIpc) is 2.39. The summed E-state index contributed by atoms with van der Waals surface area (Å²) in [6, 6.07) is 3.96. The van der Waals surface area contributed by atoms with Crippen molar-refractivity contribution >= 4 is 5.82 Å². The molecule has 1 aliphatic heterocycles. The highest BCUT2D eigenvalue weighted by Crippen LogP contribution is 2.25. The molecule has 0 bridgehead atoms. The van der Waals surface area contributed by atoms with Gasteiger partial charge in [-0.2, -0.15) is 0 Å². The van der Waals surface area contributed by atoms with Crippen molar-refractivity contribution in [3.8, 4) is 0 Å². The number of pyridine rings is 1. The van der Waals surface area contributed by atoms with Crippen molar-refractivity contribution in [1.29, 1.82) is 0 Å². The molecule has 4 heteroatoms. The molecule has 1 aromatic rings. The molecule has 1 atom stereocenters. The summed E-state index contributed by atoms with van der Waals surface area (Å²) in [5.41, 5.74) is 6.83. The van der Waals surface area contributed by atoms with Crippen LogP contribution in [-0.2, 0) is 6.54 Å². The lowest BCUT2D eigenvalue weighted by Crippen LogP contribution is -2.38. The van der Waals surface area contributed by atoms with E-state index >= 15 is 0 Å². The second kappa shape index (κ2) is 5.47. The normalized spacial score (nSPS) is 19.4. The van der Waals surface area contributed by atoms with E-state index in [9.17, 15) is 5.11 Å². The average molecular weight is 235 g/mol. The van der Waals surface area contributed by atoms with Gasteiger partial charge in [0.2, 0.25) is 0 Å². The van der Waals surface area contributed by atoms with Crippen molar-refractivity contribution in [1.82, 2.24) is 4.98 Å². The summed E-state index contributed by atoms with van der Waals surface area (Å²) in [5, 5.41) is 9.58. The van der Waals surface area contributed by atoms with Gasteiger partial charge < -0.3 is 15.7 Å². The van der Waals surface area contributed by atoms with Gasteiger partial charge in [0.15, 0.2) is 0 Å². The van der Waals surface area contributed by atoms with Gasteiger partial charge in [-0.3, -0.25) is 0 Å².